The number of β-amino-alcohol motifs (C(OH)–C–C–N with tert-alkyl or cyclic N) is 1. The fourth-order valence-electron chi connectivity index (χ4n) is 4.77. The molecule has 182 valence electrons. The Bertz CT molecular complexity index is 1070. The Morgan fingerprint density at radius 1 is 1.21 bits per heavy atom. The Morgan fingerprint density at radius 2 is 2.00 bits per heavy atom. The number of unbranched alkanes of at least 4 members (excludes halogenated alkanes) is 1. The second-order valence-corrected chi connectivity index (χ2v) is 10.6. The van der Waals surface area contributed by atoms with Crippen molar-refractivity contribution in [1.82, 2.24) is 9.80 Å². The van der Waals surface area contributed by atoms with Gasteiger partial charge in [0.2, 0.25) is 0 Å². The second kappa shape index (κ2) is 11.3. The lowest BCUT2D eigenvalue weighted by atomic mass is 10.0. The van der Waals surface area contributed by atoms with Gasteiger partial charge in [-0.1, -0.05) is 72.5 Å². The minimum atomic E-state index is -0.567. The Hall–Kier alpha value is -1.78. The Kier molecular flexibility index (Phi) is 8.42. The van der Waals surface area contributed by atoms with Crippen LogP contribution in [0, 0.1) is 0 Å². The van der Waals surface area contributed by atoms with Gasteiger partial charge in [0.15, 0.2) is 0 Å². The van der Waals surface area contributed by atoms with E-state index in [2.05, 4.69) is 55.0 Å². The van der Waals surface area contributed by atoms with E-state index in [1.165, 1.54) is 35.4 Å². The van der Waals surface area contributed by atoms with Crippen molar-refractivity contribution >= 4 is 28.9 Å². The number of hydrogen-bond donors (Lipinski definition) is 1. The van der Waals surface area contributed by atoms with Gasteiger partial charge in [0.1, 0.15) is 0 Å². The third-order valence-electron chi connectivity index (χ3n) is 7.04. The lowest BCUT2D eigenvalue weighted by molar-refractivity contribution is 0.112. The number of likely N-dealkylation sites (N-methyl/N-ethyl adjacent to an activating group) is 1. The van der Waals surface area contributed by atoms with Crippen molar-refractivity contribution < 1.29 is 5.11 Å². The van der Waals surface area contributed by atoms with Gasteiger partial charge in [0.05, 0.1) is 11.1 Å². The van der Waals surface area contributed by atoms with E-state index in [0.717, 1.165) is 48.5 Å². The first kappa shape index (κ1) is 25.3. The van der Waals surface area contributed by atoms with Crippen LogP contribution < -0.4 is 0 Å². The van der Waals surface area contributed by atoms with Gasteiger partial charge >= 0.3 is 0 Å². The van der Waals surface area contributed by atoms with Crippen molar-refractivity contribution in [3.05, 3.63) is 86.5 Å². The largest absolute Gasteiger partial charge is 0.387 e. The first-order valence-corrected chi connectivity index (χ1v) is 13.2. The molecule has 4 rings (SSSR count). The van der Waals surface area contributed by atoms with Crippen molar-refractivity contribution in [3.8, 4) is 0 Å². The summed E-state index contributed by atoms with van der Waals surface area (Å²) in [4.78, 5) is 4.65. The molecule has 2 aromatic rings. The molecule has 2 aliphatic rings. The van der Waals surface area contributed by atoms with Gasteiger partial charge in [-0.25, -0.2) is 0 Å². The molecule has 0 saturated heterocycles. The van der Waals surface area contributed by atoms with Gasteiger partial charge in [-0.05, 0) is 67.9 Å². The molecular weight excluding hydrogens is 463 g/mol. The number of hydrogen-bond acceptors (Lipinski definition) is 3. The van der Waals surface area contributed by atoms with E-state index in [-0.39, 0.29) is 0 Å². The standard InChI is InChI=1S/C29H36Cl2N2O/c1-4-5-9-27(25-13-12-22(17-26(25)31)21-10-11-21)32(3)28-18-33(15-14-20(28)2)19-29(34)23-7-6-8-24(30)16-23/h6-9,12-13,16-17,21,29,34H,4-5,10-11,14-15,18-19H2,1-3H3/b27-9+. The Morgan fingerprint density at radius 3 is 2.68 bits per heavy atom. The molecule has 0 amide bonds. The number of allylic oxidation sites excluding steroid dienone is 1. The first-order chi connectivity index (χ1) is 16.4. The first-order valence-electron chi connectivity index (χ1n) is 12.5. The summed E-state index contributed by atoms with van der Waals surface area (Å²) in [6.45, 7) is 6.74. The van der Waals surface area contributed by atoms with E-state index in [9.17, 15) is 5.11 Å². The predicted molar refractivity (Wildman–Crippen MR) is 144 cm³/mol. The maximum absolute atomic E-state index is 10.8. The van der Waals surface area contributed by atoms with Gasteiger partial charge in [-0.3, -0.25) is 4.90 Å². The number of benzene rings is 2. The van der Waals surface area contributed by atoms with Gasteiger partial charge in [-0.15, -0.1) is 0 Å². The van der Waals surface area contributed by atoms with Crippen LogP contribution in [0.5, 0.6) is 0 Å². The van der Waals surface area contributed by atoms with E-state index in [1.54, 1.807) is 0 Å². The fourth-order valence-corrected chi connectivity index (χ4v) is 5.26. The molecule has 1 atom stereocenters. The molecule has 0 aromatic heterocycles. The zero-order valence-corrected chi connectivity index (χ0v) is 22.0. The van der Waals surface area contributed by atoms with Gasteiger partial charge in [0, 0.05) is 48.7 Å². The molecule has 1 fully saturated rings. The van der Waals surface area contributed by atoms with Crippen LogP contribution in [-0.2, 0) is 0 Å². The topological polar surface area (TPSA) is 26.7 Å². The molecule has 0 bridgehead atoms. The highest BCUT2D eigenvalue weighted by Crippen LogP contribution is 2.42. The highest BCUT2D eigenvalue weighted by atomic mass is 35.5. The van der Waals surface area contributed by atoms with Gasteiger partial charge in [0.25, 0.3) is 0 Å². The van der Waals surface area contributed by atoms with E-state index >= 15 is 0 Å². The monoisotopic (exact) mass is 498 g/mol. The summed E-state index contributed by atoms with van der Waals surface area (Å²) < 4.78 is 0. The molecular formula is C29H36Cl2N2O. The number of halogens is 2. The van der Waals surface area contributed by atoms with Crippen LogP contribution in [0.1, 0.15) is 74.7 Å². The lowest BCUT2D eigenvalue weighted by Crippen LogP contribution is -2.38. The minimum Gasteiger partial charge on any atom is -0.387 e. The molecule has 1 N–H and O–H groups in total. The zero-order chi connectivity index (χ0) is 24.2. The highest BCUT2D eigenvalue weighted by Gasteiger charge is 2.26. The second-order valence-electron chi connectivity index (χ2n) is 9.73. The van der Waals surface area contributed by atoms with E-state index in [0.29, 0.717) is 17.5 Å². The average Bonchev–Trinajstić information content (AvgIpc) is 3.66. The molecule has 2 aromatic carbocycles. The quantitative estimate of drug-likeness (QED) is 0.384. The van der Waals surface area contributed by atoms with Crippen molar-refractivity contribution in [1.29, 1.82) is 0 Å². The van der Waals surface area contributed by atoms with E-state index in [4.69, 9.17) is 23.2 Å². The lowest BCUT2D eigenvalue weighted by Gasteiger charge is -2.37. The minimum absolute atomic E-state index is 0.567. The highest BCUT2D eigenvalue weighted by molar-refractivity contribution is 6.32. The molecule has 0 spiro atoms. The number of aliphatic hydroxyl groups is 1. The smallest absolute Gasteiger partial charge is 0.0917 e. The van der Waals surface area contributed by atoms with Crippen LogP contribution in [0.4, 0.5) is 0 Å². The van der Waals surface area contributed by atoms with Crippen LogP contribution in [0.2, 0.25) is 10.0 Å². The maximum Gasteiger partial charge on any atom is 0.0917 e. The predicted octanol–water partition coefficient (Wildman–Crippen LogP) is 7.66. The fraction of sp³-hybridized carbons (Fsp3) is 0.448. The molecule has 1 saturated carbocycles. The number of rotatable bonds is 9. The summed E-state index contributed by atoms with van der Waals surface area (Å²) in [5, 5.41) is 12.3. The van der Waals surface area contributed by atoms with Crippen molar-refractivity contribution in [2.45, 2.75) is 58.0 Å². The summed E-state index contributed by atoms with van der Waals surface area (Å²) in [5.41, 5.74) is 7.16. The Labute approximate surface area is 214 Å². The Balaban J connectivity index is 1.54. The SMILES string of the molecule is CCC/C=C(\c1ccc(C2CC2)cc1Cl)N(C)C1=C(C)CCN(CC(O)c2cccc(Cl)c2)C1. The summed E-state index contributed by atoms with van der Waals surface area (Å²) in [6, 6.07) is 14.1. The molecule has 3 nitrogen and oxygen atoms in total. The van der Waals surface area contributed by atoms with E-state index in [1.807, 2.05) is 24.3 Å². The van der Waals surface area contributed by atoms with Gasteiger partial charge in [-0.2, -0.15) is 0 Å². The van der Waals surface area contributed by atoms with Crippen LogP contribution in [0.15, 0.2) is 59.8 Å². The van der Waals surface area contributed by atoms with Crippen LogP contribution in [-0.4, -0.2) is 41.6 Å². The molecule has 1 aliphatic carbocycles. The molecule has 34 heavy (non-hydrogen) atoms. The van der Waals surface area contributed by atoms with Crippen molar-refractivity contribution in [2.24, 2.45) is 0 Å². The van der Waals surface area contributed by atoms with Crippen LogP contribution >= 0.6 is 23.2 Å². The number of nitrogens with zero attached hydrogens (tertiary/aromatic N) is 2. The van der Waals surface area contributed by atoms with E-state index < -0.39 is 6.10 Å². The normalized spacial score (nSPS) is 18.4. The third-order valence-corrected chi connectivity index (χ3v) is 7.59. The van der Waals surface area contributed by atoms with Gasteiger partial charge < -0.3 is 10.0 Å². The molecule has 1 aliphatic heterocycles. The van der Waals surface area contributed by atoms with Crippen molar-refractivity contribution in [2.75, 3.05) is 26.7 Å². The van der Waals surface area contributed by atoms with Crippen LogP contribution in [0.3, 0.4) is 0 Å². The maximum atomic E-state index is 10.8. The third kappa shape index (κ3) is 6.07. The van der Waals surface area contributed by atoms with Crippen LogP contribution in [0.25, 0.3) is 5.70 Å². The molecule has 1 unspecified atom stereocenters. The number of aliphatic hydroxyl groups excluding tert-OH is 1. The summed E-state index contributed by atoms with van der Waals surface area (Å²) >= 11 is 13.0. The van der Waals surface area contributed by atoms with Crippen molar-refractivity contribution in [3.63, 3.8) is 0 Å². The molecule has 0 radical (unpaired) electrons. The average molecular weight is 500 g/mol. The summed E-state index contributed by atoms with van der Waals surface area (Å²) in [7, 11) is 2.16. The summed E-state index contributed by atoms with van der Waals surface area (Å²) in [5.74, 6) is 0.690. The molecule has 5 heteroatoms. The zero-order valence-electron chi connectivity index (χ0n) is 20.5. The summed E-state index contributed by atoms with van der Waals surface area (Å²) in [6.07, 6.45) is 7.38. The molecule has 1 heterocycles.